The first kappa shape index (κ1) is 13.8. The lowest BCUT2D eigenvalue weighted by atomic mass is 9.71. The molecule has 0 atom stereocenters. The summed E-state index contributed by atoms with van der Waals surface area (Å²) in [5.41, 5.74) is 1.08. The smallest absolute Gasteiger partial charge is 0.0182 e. The summed E-state index contributed by atoms with van der Waals surface area (Å²) in [7, 11) is 2.26. The number of nitrogens with zero attached hydrogens (tertiary/aromatic N) is 2. The van der Waals surface area contributed by atoms with Crippen LogP contribution in [0.4, 0.5) is 0 Å². The minimum atomic E-state index is 0.403. The second-order valence-corrected chi connectivity index (χ2v) is 7.82. The molecule has 0 saturated carbocycles. The third kappa shape index (κ3) is 2.57. The van der Waals surface area contributed by atoms with Crippen LogP contribution in [-0.2, 0) is 0 Å². The molecule has 3 heteroatoms. The maximum atomic E-state index is 3.47. The summed E-state index contributed by atoms with van der Waals surface area (Å²) >= 11 is 0. The van der Waals surface area contributed by atoms with E-state index in [0.717, 1.165) is 5.92 Å². The van der Waals surface area contributed by atoms with Crippen LogP contribution in [0.3, 0.4) is 0 Å². The molecule has 3 fully saturated rings. The predicted molar refractivity (Wildman–Crippen MR) is 80.4 cm³/mol. The van der Waals surface area contributed by atoms with E-state index in [-0.39, 0.29) is 0 Å². The van der Waals surface area contributed by atoms with E-state index >= 15 is 0 Å². The molecule has 0 aliphatic carbocycles. The summed E-state index contributed by atoms with van der Waals surface area (Å²) in [5, 5.41) is 3.47. The van der Waals surface area contributed by atoms with Gasteiger partial charge in [-0.05, 0) is 84.1 Å². The van der Waals surface area contributed by atoms with Gasteiger partial charge in [-0.15, -0.1) is 0 Å². The van der Waals surface area contributed by atoms with Crippen LogP contribution in [0.1, 0.15) is 39.5 Å². The van der Waals surface area contributed by atoms with Crippen LogP contribution in [0.25, 0.3) is 0 Å². The van der Waals surface area contributed by atoms with E-state index in [1.165, 1.54) is 65.0 Å². The Labute approximate surface area is 118 Å². The zero-order chi connectivity index (χ0) is 13.5. The van der Waals surface area contributed by atoms with Gasteiger partial charge < -0.3 is 10.2 Å². The molecule has 0 aromatic heterocycles. The Balaban J connectivity index is 1.58. The van der Waals surface area contributed by atoms with E-state index in [2.05, 4.69) is 36.0 Å². The summed E-state index contributed by atoms with van der Waals surface area (Å²) in [4.78, 5) is 5.28. The minimum Gasteiger partial charge on any atom is -0.316 e. The fourth-order valence-electron chi connectivity index (χ4n) is 4.36. The van der Waals surface area contributed by atoms with Gasteiger partial charge in [0.2, 0.25) is 0 Å². The lowest BCUT2D eigenvalue weighted by Crippen LogP contribution is -2.62. The first-order valence-electron chi connectivity index (χ1n) is 8.16. The number of piperidine rings is 2. The van der Waals surface area contributed by atoms with Gasteiger partial charge in [0.1, 0.15) is 0 Å². The van der Waals surface area contributed by atoms with Gasteiger partial charge in [-0.1, -0.05) is 0 Å². The number of rotatable bonds is 2. The van der Waals surface area contributed by atoms with Crippen molar-refractivity contribution in [2.24, 2.45) is 11.3 Å². The Bertz CT molecular complexity index is 304. The van der Waals surface area contributed by atoms with E-state index in [4.69, 9.17) is 0 Å². The molecule has 0 bridgehead atoms. The Morgan fingerprint density at radius 3 is 2.05 bits per heavy atom. The molecule has 3 aliphatic rings. The van der Waals surface area contributed by atoms with Crippen LogP contribution in [0.2, 0.25) is 0 Å². The zero-order valence-electron chi connectivity index (χ0n) is 13.0. The fourth-order valence-corrected chi connectivity index (χ4v) is 4.36. The topological polar surface area (TPSA) is 18.5 Å². The Hall–Kier alpha value is -0.120. The van der Waals surface area contributed by atoms with Gasteiger partial charge in [-0.25, -0.2) is 0 Å². The highest BCUT2D eigenvalue weighted by Crippen LogP contribution is 2.40. The molecular weight excluding hydrogens is 234 g/mol. The van der Waals surface area contributed by atoms with Crippen LogP contribution in [-0.4, -0.2) is 61.7 Å². The summed E-state index contributed by atoms with van der Waals surface area (Å²) in [6.07, 6.45) is 5.59. The molecule has 0 radical (unpaired) electrons. The quantitative estimate of drug-likeness (QED) is 0.821. The zero-order valence-corrected chi connectivity index (χ0v) is 13.0. The second kappa shape index (κ2) is 5.01. The van der Waals surface area contributed by atoms with Crippen molar-refractivity contribution in [2.45, 2.75) is 45.1 Å². The lowest BCUT2D eigenvalue weighted by Gasteiger charge is -2.54. The normalized spacial score (nSPS) is 30.5. The van der Waals surface area contributed by atoms with Crippen molar-refractivity contribution in [1.82, 2.24) is 15.1 Å². The van der Waals surface area contributed by atoms with Gasteiger partial charge >= 0.3 is 0 Å². The molecule has 3 heterocycles. The van der Waals surface area contributed by atoms with Crippen molar-refractivity contribution in [2.75, 3.05) is 46.3 Å². The van der Waals surface area contributed by atoms with Crippen molar-refractivity contribution < 1.29 is 0 Å². The molecule has 3 nitrogen and oxygen atoms in total. The van der Waals surface area contributed by atoms with E-state index < -0.39 is 0 Å². The van der Waals surface area contributed by atoms with Crippen LogP contribution < -0.4 is 5.32 Å². The monoisotopic (exact) mass is 265 g/mol. The van der Waals surface area contributed by atoms with E-state index in [0.29, 0.717) is 11.0 Å². The molecule has 1 N–H and O–H groups in total. The van der Waals surface area contributed by atoms with Crippen molar-refractivity contribution in [3.63, 3.8) is 0 Å². The van der Waals surface area contributed by atoms with Crippen LogP contribution >= 0.6 is 0 Å². The highest BCUT2D eigenvalue weighted by atomic mass is 15.2. The molecule has 110 valence electrons. The van der Waals surface area contributed by atoms with Crippen LogP contribution in [0, 0.1) is 11.3 Å². The molecular formula is C16H31N3. The van der Waals surface area contributed by atoms with Gasteiger partial charge in [0, 0.05) is 18.6 Å². The maximum Gasteiger partial charge on any atom is 0.0182 e. The Morgan fingerprint density at radius 2 is 1.58 bits per heavy atom. The number of nitrogens with one attached hydrogen (secondary N) is 1. The highest BCUT2D eigenvalue weighted by Gasteiger charge is 2.44. The summed E-state index contributed by atoms with van der Waals surface area (Å²) in [5.74, 6) is 0.886. The summed E-state index contributed by atoms with van der Waals surface area (Å²) in [6.45, 7) is 12.8. The third-order valence-electron chi connectivity index (χ3n) is 6.36. The molecule has 0 unspecified atom stereocenters. The van der Waals surface area contributed by atoms with Gasteiger partial charge in [-0.3, -0.25) is 4.90 Å². The average Bonchev–Trinajstić information content (AvgIpc) is 2.37. The minimum absolute atomic E-state index is 0.403. The number of hydrogen-bond donors (Lipinski definition) is 1. The van der Waals surface area contributed by atoms with Crippen LogP contribution in [0.5, 0.6) is 0 Å². The molecule has 1 spiro atoms. The third-order valence-corrected chi connectivity index (χ3v) is 6.36. The summed E-state index contributed by atoms with van der Waals surface area (Å²) in [6, 6.07) is 0. The second-order valence-electron chi connectivity index (χ2n) is 7.82. The van der Waals surface area contributed by atoms with Gasteiger partial charge in [0.25, 0.3) is 0 Å². The molecule has 0 aromatic rings. The molecule has 3 saturated heterocycles. The van der Waals surface area contributed by atoms with Gasteiger partial charge in [0.05, 0.1) is 0 Å². The Morgan fingerprint density at radius 1 is 1.00 bits per heavy atom. The first-order valence-corrected chi connectivity index (χ1v) is 8.16. The van der Waals surface area contributed by atoms with Crippen molar-refractivity contribution in [1.29, 1.82) is 0 Å². The Kier molecular flexibility index (Phi) is 3.65. The van der Waals surface area contributed by atoms with Crippen LogP contribution in [0.15, 0.2) is 0 Å². The maximum absolute atomic E-state index is 3.47. The standard InChI is InChI=1S/C16H31N3/c1-15(2,14-4-8-18(3)9-5-14)19-10-6-16(7-11-19)12-17-13-16/h14,17H,4-13H2,1-3H3. The lowest BCUT2D eigenvalue weighted by molar-refractivity contribution is -0.0284. The molecule has 3 rings (SSSR count). The summed E-state index contributed by atoms with van der Waals surface area (Å²) < 4.78 is 0. The number of hydrogen-bond acceptors (Lipinski definition) is 3. The molecule has 0 aromatic carbocycles. The van der Waals surface area contributed by atoms with Crippen molar-refractivity contribution >= 4 is 0 Å². The molecule has 0 amide bonds. The van der Waals surface area contributed by atoms with Gasteiger partial charge in [-0.2, -0.15) is 0 Å². The first-order chi connectivity index (χ1) is 9.02. The van der Waals surface area contributed by atoms with Gasteiger partial charge in [0.15, 0.2) is 0 Å². The highest BCUT2D eigenvalue weighted by molar-refractivity contribution is 5.00. The van der Waals surface area contributed by atoms with E-state index in [9.17, 15) is 0 Å². The number of likely N-dealkylation sites (tertiary alicyclic amines) is 2. The van der Waals surface area contributed by atoms with Crippen molar-refractivity contribution in [3.8, 4) is 0 Å². The molecule has 19 heavy (non-hydrogen) atoms. The average molecular weight is 265 g/mol. The predicted octanol–water partition coefficient (Wildman–Crippen LogP) is 1.79. The van der Waals surface area contributed by atoms with E-state index in [1.54, 1.807) is 0 Å². The van der Waals surface area contributed by atoms with Crippen molar-refractivity contribution in [3.05, 3.63) is 0 Å². The fraction of sp³-hybridized carbons (Fsp3) is 1.00. The largest absolute Gasteiger partial charge is 0.316 e. The SMILES string of the molecule is CN1CCC(C(C)(C)N2CCC3(CC2)CNC3)CC1. The molecule has 3 aliphatic heterocycles. The van der Waals surface area contributed by atoms with E-state index in [1.807, 2.05) is 0 Å².